The third-order valence-corrected chi connectivity index (χ3v) is 4.38. The molecule has 0 unspecified atom stereocenters. The Labute approximate surface area is 150 Å². The van der Waals surface area contributed by atoms with Gasteiger partial charge in [0.1, 0.15) is 15.8 Å². The fourth-order valence-electron chi connectivity index (χ4n) is 2.09. The molecule has 25 heavy (non-hydrogen) atoms. The minimum absolute atomic E-state index is 0.260. The van der Waals surface area contributed by atoms with Gasteiger partial charge in [0.15, 0.2) is 0 Å². The van der Waals surface area contributed by atoms with Crippen LogP contribution in [0.25, 0.3) is 6.08 Å². The van der Waals surface area contributed by atoms with Crippen molar-refractivity contribution in [2.24, 2.45) is 0 Å². The molecule has 1 N–H and O–H groups in total. The SMILES string of the molecule is O=C1NC(=S)S/C1=C/c1cccc(Oc2ccc(C(F)(F)F)cc2)c1. The van der Waals surface area contributed by atoms with Gasteiger partial charge in [0.05, 0.1) is 10.5 Å². The highest BCUT2D eigenvalue weighted by Crippen LogP contribution is 2.32. The molecule has 1 fully saturated rings. The minimum atomic E-state index is -4.38. The van der Waals surface area contributed by atoms with E-state index in [-0.39, 0.29) is 11.7 Å². The summed E-state index contributed by atoms with van der Waals surface area (Å²) in [5.74, 6) is 0.469. The van der Waals surface area contributed by atoms with Crippen LogP contribution in [0.3, 0.4) is 0 Å². The highest BCUT2D eigenvalue weighted by Gasteiger charge is 2.30. The lowest BCUT2D eigenvalue weighted by atomic mass is 10.2. The van der Waals surface area contributed by atoms with Crippen LogP contribution in [0.15, 0.2) is 53.4 Å². The molecule has 0 aliphatic carbocycles. The first-order valence-corrected chi connectivity index (χ1v) is 8.24. The van der Waals surface area contributed by atoms with E-state index in [0.29, 0.717) is 20.5 Å². The number of rotatable bonds is 3. The summed E-state index contributed by atoms with van der Waals surface area (Å²) in [6, 6.07) is 11.3. The second-order valence-electron chi connectivity index (χ2n) is 5.05. The average molecular weight is 381 g/mol. The number of amides is 1. The molecule has 3 nitrogen and oxygen atoms in total. The van der Waals surface area contributed by atoms with Crippen LogP contribution in [0, 0.1) is 0 Å². The van der Waals surface area contributed by atoms with Crippen molar-refractivity contribution in [1.29, 1.82) is 0 Å². The molecular formula is C17H10F3NO2S2. The van der Waals surface area contributed by atoms with Crippen LogP contribution in [0.4, 0.5) is 13.2 Å². The number of thiocarbonyl (C=S) groups is 1. The molecule has 1 saturated heterocycles. The Morgan fingerprint density at radius 3 is 2.40 bits per heavy atom. The first kappa shape index (κ1) is 17.5. The molecule has 3 rings (SSSR count). The number of hydrogen-bond acceptors (Lipinski definition) is 4. The predicted molar refractivity (Wildman–Crippen MR) is 94.3 cm³/mol. The van der Waals surface area contributed by atoms with E-state index >= 15 is 0 Å². The number of ether oxygens (including phenoxy) is 1. The van der Waals surface area contributed by atoms with Gasteiger partial charge < -0.3 is 10.1 Å². The highest BCUT2D eigenvalue weighted by molar-refractivity contribution is 8.26. The summed E-state index contributed by atoms with van der Waals surface area (Å²) in [4.78, 5) is 12.1. The Hall–Kier alpha value is -2.32. The second kappa shape index (κ2) is 6.89. The second-order valence-corrected chi connectivity index (χ2v) is 6.77. The van der Waals surface area contributed by atoms with Crippen LogP contribution in [-0.4, -0.2) is 10.2 Å². The predicted octanol–water partition coefficient (Wildman–Crippen LogP) is 4.99. The van der Waals surface area contributed by atoms with Crippen molar-refractivity contribution in [3.05, 3.63) is 64.6 Å². The van der Waals surface area contributed by atoms with Crippen LogP contribution in [0.1, 0.15) is 11.1 Å². The molecule has 0 bridgehead atoms. The molecule has 1 heterocycles. The molecular weight excluding hydrogens is 371 g/mol. The Kier molecular flexibility index (Phi) is 4.82. The third-order valence-electron chi connectivity index (χ3n) is 3.22. The number of halogens is 3. The molecule has 0 atom stereocenters. The van der Waals surface area contributed by atoms with Crippen molar-refractivity contribution in [3.63, 3.8) is 0 Å². The zero-order chi connectivity index (χ0) is 18.0. The summed E-state index contributed by atoms with van der Waals surface area (Å²) in [5.41, 5.74) is -0.0228. The van der Waals surface area contributed by atoms with Crippen LogP contribution in [-0.2, 0) is 11.0 Å². The fraction of sp³-hybridized carbons (Fsp3) is 0.0588. The van der Waals surface area contributed by atoms with Gasteiger partial charge >= 0.3 is 6.18 Å². The number of alkyl halides is 3. The van der Waals surface area contributed by atoms with Crippen molar-refractivity contribution in [1.82, 2.24) is 5.32 Å². The van der Waals surface area contributed by atoms with Crippen LogP contribution in [0.2, 0.25) is 0 Å². The highest BCUT2D eigenvalue weighted by atomic mass is 32.2. The summed E-state index contributed by atoms with van der Waals surface area (Å²) in [7, 11) is 0. The standard InChI is InChI=1S/C17H10F3NO2S2/c18-17(19,20)11-4-6-12(7-5-11)23-13-3-1-2-10(8-13)9-14-15(22)21-16(24)25-14/h1-9H,(H,21,22,24)/b14-9+. The van der Waals surface area contributed by atoms with Gasteiger partial charge in [0, 0.05) is 0 Å². The molecule has 0 aromatic heterocycles. The fourth-order valence-corrected chi connectivity index (χ4v) is 3.13. The Morgan fingerprint density at radius 2 is 1.80 bits per heavy atom. The van der Waals surface area contributed by atoms with Gasteiger partial charge in [-0.3, -0.25) is 4.79 Å². The van der Waals surface area contributed by atoms with E-state index in [1.165, 1.54) is 23.9 Å². The lowest BCUT2D eigenvalue weighted by Gasteiger charge is -2.09. The van der Waals surface area contributed by atoms with E-state index in [1.54, 1.807) is 30.3 Å². The lowest BCUT2D eigenvalue weighted by Crippen LogP contribution is -2.17. The molecule has 8 heteroatoms. The van der Waals surface area contributed by atoms with Gasteiger partial charge in [-0.2, -0.15) is 13.2 Å². The molecule has 128 valence electrons. The molecule has 2 aromatic carbocycles. The van der Waals surface area contributed by atoms with Gasteiger partial charge in [0.2, 0.25) is 0 Å². The number of nitrogens with one attached hydrogen (secondary N) is 1. The van der Waals surface area contributed by atoms with Gasteiger partial charge in [-0.15, -0.1) is 0 Å². The Morgan fingerprint density at radius 1 is 1.08 bits per heavy atom. The summed E-state index contributed by atoms with van der Waals surface area (Å²) < 4.78 is 43.6. The van der Waals surface area contributed by atoms with E-state index in [9.17, 15) is 18.0 Å². The molecule has 1 amide bonds. The minimum Gasteiger partial charge on any atom is -0.457 e. The number of carbonyl (C=O) groups excluding carboxylic acids is 1. The molecule has 1 aliphatic rings. The van der Waals surface area contributed by atoms with Crippen LogP contribution >= 0.6 is 24.0 Å². The maximum absolute atomic E-state index is 12.6. The van der Waals surface area contributed by atoms with Crippen molar-refractivity contribution in [3.8, 4) is 11.5 Å². The van der Waals surface area contributed by atoms with Gasteiger partial charge in [-0.05, 0) is 48.0 Å². The maximum atomic E-state index is 12.6. The Bertz CT molecular complexity index is 861. The monoisotopic (exact) mass is 381 g/mol. The van der Waals surface area contributed by atoms with E-state index in [4.69, 9.17) is 17.0 Å². The quantitative estimate of drug-likeness (QED) is 0.601. The summed E-state index contributed by atoms with van der Waals surface area (Å²) in [6.07, 6.45) is -2.72. The molecule has 0 spiro atoms. The average Bonchev–Trinajstić information content (AvgIpc) is 2.85. The first-order chi connectivity index (χ1) is 11.8. The third kappa shape index (κ3) is 4.40. The number of hydrogen-bond donors (Lipinski definition) is 1. The molecule has 2 aromatic rings. The van der Waals surface area contributed by atoms with Crippen molar-refractivity contribution < 1.29 is 22.7 Å². The normalized spacial score (nSPS) is 16.2. The van der Waals surface area contributed by atoms with Gasteiger partial charge in [-0.1, -0.05) is 36.1 Å². The van der Waals surface area contributed by atoms with Crippen molar-refractivity contribution in [2.75, 3.05) is 0 Å². The van der Waals surface area contributed by atoms with Crippen LogP contribution in [0.5, 0.6) is 11.5 Å². The van der Waals surface area contributed by atoms with Gasteiger partial charge in [-0.25, -0.2) is 0 Å². The summed E-state index contributed by atoms with van der Waals surface area (Å²) in [5, 5.41) is 2.52. The van der Waals surface area contributed by atoms with Crippen LogP contribution < -0.4 is 10.1 Å². The number of benzene rings is 2. The zero-order valence-electron chi connectivity index (χ0n) is 12.5. The Balaban J connectivity index is 1.77. The van der Waals surface area contributed by atoms with Gasteiger partial charge in [0.25, 0.3) is 5.91 Å². The summed E-state index contributed by atoms with van der Waals surface area (Å²) >= 11 is 6.09. The van der Waals surface area contributed by atoms with E-state index in [2.05, 4.69) is 5.32 Å². The molecule has 0 radical (unpaired) electrons. The van der Waals surface area contributed by atoms with Crippen molar-refractivity contribution in [2.45, 2.75) is 6.18 Å². The maximum Gasteiger partial charge on any atom is 0.416 e. The summed E-state index contributed by atoms with van der Waals surface area (Å²) in [6.45, 7) is 0. The number of thioether (sulfide) groups is 1. The topological polar surface area (TPSA) is 38.3 Å². The van der Waals surface area contributed by atoms with E-state index < -0.39 is 11.7 Å². The number of carbonyl (C=O) groups is 1. The van der Waals surface area contributed by atoms with Crippen molar-refractivity contribution >= 4 is 40.3 Å². The van der Waals surface area contributed by atoms with E-state index in [1.807, 2.05) is 0 Å². The lowest BCUT2D eigenvalue weighted by molar-refractivity contribution is -0.137. The first-order valence-electron chi connectivity index (χ1n) is 7.01. The smallest absolute Gasteiger partial charge is 0.416 e. The van der Waals surface area contributed by atoms with E-state index in [0.717, 1.165) is 12.1 Å². The molecule has 0 saturated carbocycles. The molecule has 1 aliphatic heterocycles. The largest absolute Gasteiger partial charge is 0.457 e. The zero-order valence-corrected chi connectivity index (χ0v) is 14.1.